The maximum atomic E-state index is 12.6. The van der Waals surface area contributed by atoms with E-state index in [1.54, 1.807) is 11.3 Å². The van der Waals surface area contributed by atoms with Crippen molar-refractivity contribution in [2.75, 3.05) is 10.6 Å². The van der Waals surface area contributed by atoms with Crippen molar-refractivity contribution in [3.8, 4) is 11.3 Å². The van der Waals surface area contributed by atoms with E-state index in [4.69, 9.17) is 0 Å². The van der Waals surface area contributed by atoms with Gasteiger partial charge < -0.3 is 10.6 Å². The summed E-state index contributed by atoms with van der Waals surface area (Å²) < 4.78 is 0. The molecule has 0 aliphatic heterocycles. The molecule has 27 heavy (non-hydrogen) atoms. The zero-order chi connectivity index (χ0) is 19.4. The van der Waals surface area contributed by atoms with E-state index in [0.29, 0.717) is 5.92 Å². The van der Waals surface area contributed by atoms with Crippen LogP contribution in [0, 0.1) is 6.92 Å². The fraction of sp³-hybridized carbons (Fsp3) is 0.273. The van der Waals surface area contributed by atoms with Gasteiger partial charge in [0.25, 0.3) is 0 Å². The lowest BCUT2D eigenvalue weighted by Crippen LogP contribution is -2.32. The maximum Gasteiger partial charge on any atom is 0.246 e. The third-order valence-electron chi connectivity index (χ3n) is 4.42. The predicted octanol–water partition coefficient (Wildman–Crippen LogP) is 5.68. The molecule has 0 fully saturated rings. The van der Waals surface area contributed by atoms with Gasteiger partial charge in [-0.25, -0.2) is 4.98 Å². The minimum absolute atomic E-state index is 0.0534. The lowest BCUT2D eigenvalue weighted by molar-refractivity contribution is -0.116. The molecule has 3 aromatic rings. The number of nitrogens with zero attached hydrogens (tertiary/aromatic N) is 1. The highest BCUT2D eigenvalue weighted by Gasteiger charge is 2.15. The number of amides is 1. The number of anilines is 2. The van der Waals surface area contributed by atoms with Gasteiger partial charge >= 0.3 is 0 Å². The molecule has 1 heterocycles. The lowest BCUT2D eigenvalue weighted by Gasteiger charge is -2.18. The highest BCUT2D eigenvalue weighted by molar-refractivity contribution is 7.09. The summed E-state index contributed by atoms with van der Waals surface area (Å²) in [4.78, 5) is 17.1. The number of rotatable bonds is 6. The van der Waals surface area contributed by atoms with E-state index in [2.05, 4.69) is 40.9 Å². The number of aryl methyl sites for hydroxylation is 1. The Morgan fingerprint density at radius 3 is 2.37 bits per heavy atom. The Balaban J connectivity index is 1.65. The van der Waals surface area contributed by atoms with E-state index in [-0.39, 0.29) is 11.9 Å². The van der Waals surface area contributed by atoms with Crippen molar-refractivity contribution in [1.82, 2.24) is 4.98 Å². The zero-order valence-electron chi connectivity index (χ0n) is 16.1. The van der Waals surface area contributed by atoms with Gasteiger partial charge in [-0.15, -0.1) is 11.3 Å². The van der Waals surface area contributed by atoms with Crippen molar-refractivity contribution in [2.45, 2.75) is 39.7 Å². The molecule has 1 aromatic heterocycles. The van der Waals surface area contributed by atoms with Gasteiger partial charge in [-0.05, 0) is 43.5 Å². The monoisotopic (exact) mass is 379 g/mol. The molecule has 2 aromatic carbocycles. The molecule has 0 aliphatic rings. The third-order valence-corrected chi connectivity index (χ3v) is 5.19. The van der Waals surface area contributed by atoms with E-state index >= 15 is 0 Å². The van der Waals surface area contributed by atoms with Crippen molar-refractivity contribution in [2.24, 2.45) is 0 Å². The topological polar surface area (TPSA) is 54.0 Å². The van der Waals surface area contributed by atoms with E-state index in [9.17, 15) is 4.79 Å². The quantitative estimate of drug-likeness (QED) is 0.579. The number of benzene rings is 2. The molecule has 3 rings (SSSR count). The maximum absolute atomic E-state index is 12.6. The van der Waals surface area contributed by atoms with Crippen LogP contribution in [0.15, 0.2) is 53.9 Å². The van der Waals surface area contributed by atoms with Crippen LogP contribution in [0.1, 0.15) is 37.3 Å². The highest BCUT2D eigenvalue weighted by Crippen LogP contribution is 2.25. The Kier molecular flexibility index (Phi) is 5.91. The summed E-state index contributed by atoms with van der Waals surface area (Å²) in [6, 6.07) is 15.6. The van der Waals surface area contributed by atoms with Gasteiger partial charge in [0.1, 0.15) is 6.04 Å². The molecule has 0 saturated heterocycles. The zero-order valence-corrected chi connectivity index (χ0v) is 16.9. The van der Waals surface area contributed by atoms with E-state index < -0.39 is 0 Å². The van der Waals surface area contributed by atoms with Crippen molar-refractivity contribution < 1.29 is 4.79 Å². The lowest BCUT2D eigenvalue weighted by atomic mass is 10.0. The van der Waals surface area contributed by atoms with Crippen molar-refractivity contribution in [1.29, 1.82) is 0 Å². The van der Waals surface area contributed by atoms with Gasteiger partial charge in [0.05, 0.1) is 10.7 Å². The van der Waals surface area contributed by atoms with Crippen LogP contribution >= 0.6 is 11.3 Å². The number of thiazole rings is 1. The molecule has 1 amide bonds. The Morgan fingerprint density at radius 2 is 1.74 bits per heavy atom. The first-order valence-corrected chi connectivity index (χ1v) is 10.0. The first-order chi connectivity index (χ1) is 12.9. The summed E-state index contributed by atoms with van der Waals surface area (Å²) in [6.07, 6.45) is 0. The Bertz CT molecular complexity index is 915. The molecule has 5 heteroatoms. The molecule has 4 nitrogen and oxygen atoms in total. The van der Waals surface area contributed by atoms with Crippen LogP contribution in [-0.4, -0.2) is 16.9 Å². The largest absolute Gasteiger partial charge is 0.374 e. The fourth-order valence-corrected chi connectivity index (χ4v) is 3.53. The van der Waals surface area contributed by atoms with Gasteiger partial charge in [0.2, 0.25) is 5.91 Å². The number of hydrogen-bond acceptors (Lipinski definition) is 4. The number of aromatic nitrogens is 1. The smallest absolute Gasteiger partial charge is 0.246 e. The molecule has 1 atom stereocenters. The number of nitrogens with one attached hydrogen (secondary N) is 2. The minimum atomic E-state index is -0.349. The van der Waals surface area contributed by atoms with Crippen LogP contribution in [0.5, 0.6) is 0 Å². The van der Waals surface area contributed by atoms with Gasteiger partial charge in [-0.3, -0.25) is 4.79 Å². The average Bonchev–Trinajstić information content (AvgIpc) is 3.09. The summed E-state index contributed by atoms with van der Waals surface area (Å²) in [5.41, 5.74) is 4.99. The second-order valence-electron chi connectivity index (χ2n) is 6.93. The van der Waals surface area contributed by atoms with E-state index in [1.807, 2.05) is 56.3 Å². The standard InChI is InChI=1S/C22H25N3OS/c1-14(2)19-7-5-6-8-20(19)25-22(26)15(3)23-18-11-9-17(10-12-18)21-13-27-16(4)24-21/h5-15,23H,1-4H3,(H,25,26)/t15-/m0/s1. The second-order valence-corrected chi connectivity index (χ2v) is 7.99. The molecular weight excluding hydrogens is 354 g/mol. The fourth-order valence-electron chi connectivity index (χ4n) is 2.90. The van der Waals surface area contributed by atoms with Crippen LogP contribution in [-0.2, 0) is 4.79 Å². The summed E-state index contributed by atoms with van der Waals surface area (Å²) in [6.45, 7) is 8.11. The first kappa shape index (κ1) is 19.1. The van der Waals surface area contributed by atoms with Gasteiger partial charge in [-0.1, -0.05) is 44.2 Å². The van der Waals surface area contributed by atoms with Crippen molar-refractivity contribution in [3.63, 3.8) is 0 Å². The predicted molar refractivity (Wildman–Crippen MR) is 115 cm³/mol. The Hall–Kier alpha value is -2.66. The summed E-state index contributed by atoms with van der Waals surface area (Å²) in [5.74, 6) is 0.300. The molecule has 0 aliphatic carbocycles. The molecule has 0 unspecified atom stereocenters. The molecule has 140 valence electrons. The van der Waals surface area contributed by atoms with Crippen molar-refractivity contribution in [3.05, 3.63) is 64.5 Å². The first-order valence-electron chi connectivity index (χ1n) is 9.13. The molecule has 0 radical (unpaired) electrons. The van der Waals surface area contributed by atoms with Gasteiger partial charge in [0.15, 0.2) is 0 Å². The normalized spacial score (nSPS) is 12.0. The van der Waals surface area contributed by atoms with Crippen LogP contribution < -0.4 is 10.6 Å². The number of hydrogen-bond donors (Lipinski definition) is 2. The summed E-state index contributed by atoms with van der Waals surface area (Å²) in [7, 11) is 0. The second kappa shape index (κ2) is 8.35. The van der Waals surface area contributed by atoms with E-state index in [1.165, 1.54) is 0 Å². The van der Waals surface area contributed by atoms with E-state index in [0.717, 1.165) is 33.2 Å². The molecule has 2 N–H and O–H groups in total. The minimum Gasteiger partial charge on any atom is -0.374 e. The average molecular weight is 380 g/mol. The molecule has 0 saturated carbocycles. The van der Waals surface area contributed by atoms with Crippen LogP contribution in [0.4, 0.5) is 11.4 Å². The Labute approximate surface area is 164 Å². The number of carbonyl (C=O) groups excluding carboxylic acids is 1. The Morgan fingerprint density at radius 1 is 1.04 bits per heavy atom. The highest BCUT2D eigenvalue weighted by atomic mass is 32.1. The molecular formula is C22H25N3OS. The van der Waals surface area contributed by atoms with Crippen LogP contribution in [0.3, 0.4) is 0 Å². The number of para-hydroxylation sites is 1. The SMILES string of the molecule is Cc1nc(-c2ccc(N[C@@H](C)C(=O)Nc3ccccc3C(C)C)cc2)cs1. The van der Waals surface area contributed by atoms with Crippen LogP contribution in [0.2, 0.25) is 0 Å². The number of carbonyl (C=O) groups is 1. The summed E-state index contributed by atoms with van der Waals surface area (Å²) in [5, 5.41) is 9.42. The molecule has 0 spiro atoms. The van der Waals surface area contributed by atoms with Crippen LogP contribution in [0.25, 0.3) is 11.3 Å². The molecule has 0 bridgehead atoms. The third kappa shape index (κ3) is 4.74. The van der Waals surface area contributed by atoms with Gasteiger partial charge in [-0.2, -0.15) is 0 Å². The van der Waals surface area contributed by atoms with Gasteiger partial charge in [0, 0.05) is 22.3 Å². The summed E-state index contributed by atoms with van der Waals surface area (Å²) >= 11 is 1.64. The van der Waals surface area contributed by atoms with Crippen molar-refractivity contribution >= 4 is 28.6 Å².